The van der Waals surface area contributed by atoms with Gasteiger partial charge < -0.3 is 35.0 Å². The van der Waals surface area contributed by atoms with Gasteiger partial charge >= 0.3 is 6.03 Å². The number of aliphatic hydroxyl groups is 1. The minimum atomic E-state index is -0.499. The standard InChI is InChI=1S/C28H36N4O6/c1-17-14-32(18(2)16-33)27(35)22-6-5-7-23(30-26(34)19-8-9-19)25(22)38-24(17)15-31(3)28(36)29-20-10-12-21(37-4)13-11-20/h5-7,10-13,17-19,24,33H,8-9,14-16H2,1-4H3,(H,29,36)(H,30,34)/t17-,18-,24-/m0/s1. The Labute approximate surface area is 222 Å². The Morgan fingerprint density at radius 2 is 1.89 bits per heavy atom. The average molecular weight is 525 g/mol. The van der Waals surface area contributed by atoms with Gasteiger partial charge in [0, 0.05) is 31.1 Å². The molecule has 4 amide bonds. The van der Waals surface area contributed by atoms with E-state index in [1.165, 1.54) is 4.90 Å². The van der Waals surface area contributed by atoms with Crippen LogP contribution in [0.2, 0.25) is 0 Å². The number of hydrogen-bond donors (Lipinski definition) is 3. The maximum absolute atomic E-state index is 13.5. The molecule has 2 aromatic carbocycles. The number of hydrogen-bond acceptors (Lipinski definition) is 6. The first-order valence-corrected chi connectivity index (χ1v) is 12.9. The number of para-hydroxylation sites is 1. The summed E-state index contributed by atoms with van der Waals surface area (Å²) in [5.41, 5.74) is 1.35. The first-order chi connectivity index (χ1) is 18.2. The third-order valence-corrected chi connectivity index (χ3v) is 7.04. The first-order valence-electron chi connectivity index (χ1n) is 12.9. The normalized spacial score (nSPS) is 19.8. The molecule has 10 heteroatoms. The molecule has 204 valence electrons. The number of amides is 4. The molecule has 0 aromatic heterocycles. The Morgan fingerprint density at radius 1 is 1.18 bits per heavy atom. The van der Waals surface area contributed by atoms with Crippen LogP contribution in [0.5, 0.6) is 11.5 Å². The Balaban J connectivity index is 1.59. The van der Waals surface area contributed by atoms with E-state index in [-0.39, 0.29) is 48.6 Å². The number of methoxy groups -OCH3 is 1. The van der Waals surface area contributed by atoms with Crippen LogP contribution in [0, 0.1) is 11.8 Å². The summed E-state index contributed by atoms with van der Waals surface area (Å²) in [7, 11) is 3.25. The monoisotopic (exact) mass is 524 g/mol. The molecule has 1 aliphatic heterocycles. The van der Waals surface area contributed by atoms with E-state index in [9.17, 15) is 19.5 Å². The van der Waals surface area contributed by atoms with Crippen molar-refractivity contribution in [2.24, 2.45) is 11.8 Å². The molecule has 4 rings (SSSR count). The summed E-state index contributed by atoms with van der Waals surface area (Å²) >= 11 is 0. The second-order valence-electron chi connectivity index (χ2n) is 10.1. The molecule has 0 bridgehead atoms. The van der Waals surface area contributed by atoms with E-state index in [1.54, 1.807) is 68.4 Å². The van der Waals surface area contributed by atoms with Crippen molar-refractivity contribution in [1.29, 1.82) is 0 Å². The highest BCUT2D eigenvalue weighted by Gasteiger charge is 2.36. The molecule has 0 unspecified atom stereocenters. The topological polar surface area (TPSA) is 120 Å². The third-order valence-electron chi connectivity index (χ3n) is 7.04. The van der Waals surface area contributed by atoms with Crippen LogP contribution < -0.4 is 20.1 Å². The molecule has 1 heterocycles. The molecular formula is C28H36N4O6. The summed E-state index contributed by atoms with van der Waals surface area (Å²) < 4.78 is 11.6. The molecule has 0 spiro atoms. The summed E-state index contributed by atoms with van der Waals surface area (Å²) in [6, 6.07) is 11.4. The molecule has 0 saturated heterocycles. The fraction of sp³-hybridized carbons (Fsp3) is 0.464. The van der Waals surface area contributed by atoms with E-state index < -0.39 is 12.1 Å². The molecule has 10 nitrogen and oxygen atoms in total. The summed E-state index contributed by atoms with van der Waals surface area (Å²) in [6.07, 6.45) is 1.19. The van der Waals surface area contributed by atoms with Crippen molar-refractivity contribution in [3.05, 3.63) is 48.0 Å². The second-order valence-corrected chi connectivity index (χ2v) is 10.1. The van der Waals surface area contributed by atoms with Gasteiger partial charge in [-0.1, -0.05) is 13.0 Å². The number of aliphatic hydroxyl groups excluding tert-OH is 1. The summed E-state index contributed by atoms with van der Waals surface area (Å²) in [6.45, 7) is 4.09. The summed E-state index contributed by atoms with van der Waals surface area (Å²) in [4.78, 5) is 42.3. The van der Waals surface area contributed by atoms with Crippen LogP contribution in [-0.4, -0.2) is 78.8 Å². The molecule has 3 N–H and O–H groups in total. The fourth-order valence-corrected chi connectivity index (χ4v) is 4.39. The first kappa shape index (κ1) is 27.3. The number of carbonyl (C=O) groups excluding carboxylic acids is 3. The molecule has 0 radical (unpaired) electrons. The fourth-order valence-electron chi connectivity index (χ4n) is 4.39. The van der Waals surface area contributed by atoms with E-state index in [0.717, 1.165) is 12.8 Å². The minimum absolute atomic E-state index is 0.0245. The third kappa shape index (κ3) is 6.19. The van der Waals surface area contributed by atoms with Crippen molar-refractivity contribution in [2.45, 2.75) is 38.8 Å². The SMILES string of the molecule is COc1ccc(NC(=O)N(C)C[C@@H]2Oc3c(NC(=O)C4CC4)cccc3C(=O)N([C@@H](C)CO)C[C@@H]2C)cc1. The predicted molar refractivity (Wildman–Crippen MR) is 144 cm³/mol. The Hall–Kier alpha value is -3.79. The molecular weight excluding hydrogens is 488 g/mol. The van der Waals surface area contributed by atoms with Crippen LogP contribution >= 0.6 is 0 Å². The molecule has 38 heavy (non-hydrogen) atoms. The van der Waals surface area contributed by atoms with Crippen LogP contribution in [-0.2, 0) is 4.79 Å². The van der Waals surface area contributed by atoms with Crippen LogP contribution in [0.15, 0.2) is 42.5 Å². The van der Waals surface area contributed by atoms with Gasteiger partial charge in [0.2, 0.25) is 5.91 Å². The second kappa shape index (κ2) is 11.7. The Kier molecular flexibility index (Phi) is 8.41. The minimum Gasteiger partial charge on any atom is -0.497 e. The largest absolute Gasteiger partial charge is 0.497 e. The number of rotatable bonds is 8. The molecule has 3 atom stereocenters. The van der Waals surface area contributed by atoms with E-state index in [1.807, 2.05) is 6.92 Å². The number of fused-ring (bicyclic) bond motifs is 1. The zero-order chi connectivity index (χ0) is 27.4. The highest BCUT2D eigenvalue weighted by Crippen LogP contribution is 2.37. The molecule has 1 saturated carbocycles. The summed E-state index contributed by atoms with van der Waals surface area (Å²) in [5.74, 6) is 0.375. The van der Waals surface area contributed by atoms with Crippen LogP contribution in [0.3, 0.4) is 0 Å². The lowest BCUT2D eigenvalue weighted by atomic mass is 9.99. The van der Waals surface area contributed by atoms with Crippen LogP contribution in [0.1, 0.15) is 37.0 Å². The quantitative estimate of drug-likeness (QED) is 0.487. The van der Waals surface area contributed by atoms with Gasteiger partial charge in [-0.25, -0.2) is 4.79 Å². The number of likely N-dealkylation sites (N-methyl/N-ethyl adjacent to an activating group) is 1. The Bertz CT molecular complexity index is 1170. The highest BCUT2D eigenvalue weighted by molar-refractivity contribution is 6.02. The van der Waals surface area contributed by atoms with Crippen LogP contribution in [0.25, 0.3) is 0 Å². The number of carbonyl (C=O) groups is 3. The van der Waals surface area contributed by atoms with E-state index in [0.29, 0.717) is 29.2 Å². The number of nitrogens with zero attached hydrogens (tertiary/aromatic N) is 2. The molecule has 2 aromatic rings. The number of ether oxygens (including phenoxy) is 2. The van der Waals surface area contributed by atoms with Gasteiger partial charge in [-0.3, -0.25) is 9.59 Å². The van der Waals surface area contributed by atoms with E-state index in [4.69, 9.17) is 9.47 Å². The van der Waals surface area contributed by atoms with Gasteiger partial charge in [-0.05, 0) is 56.2 Å². The number of urea groups is 1. The zero-order valence-electron chi connectivity index (χ0n) is 22.3. The maximum Gasteiger partial charge on any atom is 0.321 e. The lowest BCUT2D eigenvalue weighted by Gasteiger charge is -2.38. The van der Waals surface area contributed by atoms with Crippen molar-refractivity contribution < 1.29 is 29.0 Å². The molecule has 1 fully saturated rings. The molecule has 1 aliphatic carbocycles. The van der Waals surface area contributed by atoms with Gasteiger partial charge in [0.1, 0.15) is 11.9 Å². The lowest BCUT2D eigenvalue weighted by molar-refractivity contribution is -0.117. The van der Waals surface area contributed by atoms with Gasteiger partial charge in [0.15, 0.2) is 5.75 Å². The number of benzene rings is 2. The zero-order valence-corrected chi connectivity index (χ0v) is 22.3. The van der Waals surface area contributed by atoms with E-state index >= 15 is 0 Å². The molecule has 2 aliphatic rings. The van der Waals surface area contributed by atoms with Crippen molar-refractivity contribution in [2.75, 3.05) is 44.5 Å². The van der Waals surface area contributed by atoms with Gasteiger partial charge in [-0.2, -0.15) is 0 Å². The van der Waals surface area contributed by atoms with Crippen molar-refractivity contribution in [3.63, 3.8) is 0 Å². The predicted octanol–water partition coefficient (Wildman–Crippen LogP) is 3.43. The maximum atomic E-state index is 13.5. The van der Waals surface area contributed by atoms with Crippen LogP contribution in [0.4, 0.5) is 16.2 Å². The van der Waals surface area contributed by atoms with Crippen molar-refractivity contribution in [1.82, 2.24) is 9.80 Å². The smallest absolute Gasteiger partial charge is 0.321 e. The van der Waals surface area contributed by atoms with E-state index in [2.05, 4.69) is 10.6 Å². The number of nitrogens with one attached hydrogen (secondary N) is 2. The Morgan fingerprint density at radius 3 is 2.53 bits per heavy atom. The number of anilines is 2. The summed E-state index contributed by atoms with van der Waals surface area (Å²) in [5, 5.41) is 15.6. The lowest BCUT2D eigenvalue weighted by Crippen LogP contribution is -2.50. The van der Waals surface area contributed by atoms with Gasteiger partial charge in [-0.15, -0.1) is 0 Å². The van der Waals surface area contributed by atoms with Gasteiger partial charge in [0.05, 0.1) is 37.6 Å². The van der Waals surface area contributed by atoms with Crippen molar-refractivity contribution in [3.8, 4) is 11.5 Å². The average Bonchev–Trinajstić information content (AvgIpc) is 3.76. The van der Waals surface area contributed by atoms with Crippen molar-refractivity contribution >= 4 is 29.2 Å². The highest BCUT2D eigenvalue weighted by atomic mass is 16.5. The van der Waals surface area contributed by atoms with Gasteiger partial charge in [0.25, 0.3) is 5.91 Å².